The number of nitrogens with zero attached hydrogens (tertiary/aromatic N) is 1. The van der Waals surface area contributed by atoms with Crippen LogP contribution in [0, 0.1) is 6.92 Å². The molecule has 2 rings (SSSR count). The molecule has 114 valence electrons. The predicted octanol–water partition coefficient (Wildman–Crippen LogP) is 4.27. The maximum absolute atomic E-state index is 5.47. The van der Waals surface area contributed by atoms with Crippen LogP contribution < -0.4 is 5.32 Å². The molecule has 2 aromatic rings. The van der Waals surface area contributed by atoms with Crippen LogP contribution in [0.5, 0.6) is 0 Å². The summed E-state index contributed by atoms with van der Waals surface area (Å²) in [5, 5.41) is 3.49. The van der Waals surface area contributed by atoms with Crippen LogP contribution in [-0.2, 0) is 4.74 Å². The van der Waals surface area contributed by atoms with Gasteiger partial charge in [0, 0.05) is 31.3 Å². The fourth-order valence-corrected chi connectivity index (χ4v) is 2.39. The van der Waals surface area contributed by atoms with E-state index in [1.807, 2.05) is 19.1 Å². The Morgan fingerprint density at radius 3 is 2.48 bits per heavy atom. The quantitative estimate of drug-likeness (QED) is 0.862. The lowest BCUT2D eigenvalue weighted by molar-refractivity contribution is 0.0128. The topological polar surface area (TPSA) is 47.3 Å². The molecule has 0 radical (unpaired) electrons. The van der Waals surface area contributed by atoms with Crippen molar-refractivity contribution >= 4 is 5.69 Å². The third-order valence-electron chi connectivity index (χ3n) is 3.56. The van der Waals surface area contributed by atoms with Crippen LogP contribution in [0.25, 0.3) is 11.3 Å². The van der Waals surface area contributed by atoms with E-state index in [2.05, 4.69) is 43.2 Å². The lowest BCUT2D eigenvalue weighted by Crippen LogP contribution is -2.31. The van der Waals surface area contributed by atoms with Crippen molar-refractivity contribution in [2.24, 2.45) is 0 Å². The zero-order valence-electron chi connectivity index (χ0n) is 13.4. The van der Waals surface area contributed by atoms with Gasteiger partial charge in [0.1, 0.15) is 12.0 Å². The molecule has 0 saturated heterocycles. The van der Waals surface area contributed by atoms with Gasteiger partial charge in [-0.05, 0) is 39.3 Å². The Kier molecular flexibility index (Phi) is 4.68. The number of aromatic nitrogens is 1. The molecule has 1 aromatic carbocycles. The minimum Gasteiger partial charge on any atom is -0.449 e. The van der Waals surface area contributed by atoms with Gasteiger partial charge >= 0.3 is 0 Å². The molecule has 0 bridgehead atoms. The minimum atomic E-state index is -0.120. The first-order valence-electron chi connectivity index (χ1n) is 7.24. The van der Waals surface area contributed by atoms with Crippen molar-refractivity contribution in [2.75, 3.05) is 12.4 Å². The smallest absolute Gasteiger partial charge is 0.191 e. The van der Waals surface area contributed by atoms with Gasteiger partial charge in [0.05, 0.1) is 5.60 Å². The number of methoxy groups -OCH3 is 1. The van der Waals surface area contributed by atoms with E-state index in [0.717, 1.165) is 23.4 Å². The molecule has 4 heteroatoms. The molecule has 1 atom stereocenters. The highest BCUT2D eigenvalue weighted by atomic mass is 16.5. The molecule has 1 aromatic heterocycles. The Balaban J connectivity index is 1.99. The van der Waals surface area contributed by atoms with Gasteiger partial charge in [-0.3, -0.25) is 0 Å². The Bertz CT molecular complexity index is 573. The molecular weight excluding hydrogens is 264 g/mol. The van der Waals surface area contributed by atoms with E-state index in [-0.39, 0.29) is 5.60 Å². The maximum Gasteiger partial charge on any atom is 0.191 e. The molecule has 0 amide bonds. The average molecular weight is 288 g/mol. The fourth-order valence-electron chi connectivity index (χ4n) is 2.39. The average Bonchev–Trinajstić information content (AvgIpc) is 2.85. The van der Waals surface area contributed by atoms with E-state index in [1.54, 1.807) is 13.4 Å². The molecule has 1 heterocycles. The number of anilines is 1. The number of ether oxygens (including phenoxy) is 1. The number of oxazole rings is 1. The van der Waals surface area contributed by atoms with Crippen molar-refractivity contribution in [3.8, 4) is 11.3 Å². The summed E-state index contributed by atoms with van der Waals surface area (Å²) in [4.78, 5) is 4.33. The summed E-state index contributed by atoms with van der Waals surface area (Å²) in [6, 6.07) is 8.56. The summed E-state index contributed by atoms with van der Waals surface area (Å²) in [5.41, 5.74) is 2.90. The summed E-state index contributed by atoms with van der Waals surface area (Å²) in [6.45, 7) is 8.21. The first-order chi connectivity index (χ1) is 9.89. The number of aryl methyl sites for hydroxylation is 1. The van der Waals surface area contributed by atoms with Crippen molar-refractivity contribution in [1.29, 1.82) is 0 Å². The molecule has 0 aliphatic heterocycles. The Labute approximate surface area is 126 Å². The normalized spacial score (nSPS) is 13.2. The van der Waals surface area contributed by atoms with Gasteiger partial charge in [-0.2, -0.15) is 0 Å². The summed E-state index contributed by atoms with van der Waals surface area (Å²) in [6.07, 6.45) is 2.62. The third-order valence-corrected chi connectivity index (χ3v) is 3.56. The van der Waals surface area contributed by atoms with Crippen LogP contribution >= 0.6 is 0 Å². The summed E-state index contributed by atoms with van der Waals surface area (Å²) in [5.74, 6) is 0.683. The van der Waals surface area contributed by atoms with Crippen LogP contribution in [-0.4, -0.2) is 23.7 Å². The van der Waals surface area contributed by atoms with Gasteiger partial charge in [-0.25, -0.2) is 4.98 Å². The van der Waals surface area contributed by atoms with E-state index in [0.29, 0.717) is 11.9 Å². The summed E-state index contributed by atoms with van der Waals surface area (Å²) in [7, 11) is 1.75. The Hall–Kier alpha value is -1.81. The molecule has 0 spiro atoms. The molecule has 21 heavy (non-hydrogen) atoms. The predicted molar refractivity (Wildman–Crippen MR) is 85.5 cm³/mol. The number of rotatable bonds is 6. The molecular formula is C17H24N2O2. The van der Waals surface area contributed by atoms with E-state index in [9.17, 15) is 0 Å². The number of nitrogens with one attached hydrogen (secondary N) is 1. The molecule has 0 aliphatic rings. The maximum atomic E-state index is 5.47. The third kappa shape index (κ3) is 4.33. The SMILES string of the molecule is COC(C)(C)CC(C)Nc1ccc(-c2coc(C)n2)cc1. The van der Waals surface area contributed by atoms with Gasteiger partial charge in [-0.1, -0.05) is 12.1 Å². The number of hydrogen-bond donors (Lipinski definition) is 1. The van der Waals surface area contributed by atoms with Crippen molar-refractivity contribution < 1.29 is 9.15 Å². The van der Waals surface area contributed by atoms with Gasteiger partial charge in [0.15, 0.2) is 5.89 Å². The van der Waals surface area contributed by atoms with Crippen LogP contribution in [0.2, 0.25) is 0 Å². The van der Waals surface area contributed by atoms with Crippen LogP contribution in [0.4, 0.5) is 5.69 Å². The molecule has 4 nitrogen and oxygen atoms in total. The van der Waals surface area contributed by atoms with Crippen molar-refractivity contribution in [3.05, 3.63) is 36.4 Å². The van der Waals surface area contributed by atoms with Crippen molar-refractivity contribution in [3.63, 3.8) is 0 Å². The van der Waals surface area contributed by atoms with E-state index >= 15 is 0 Å². The Morgan fingerprint density at radius 1 is 1.29 bits per heavy atom. The first-order valence-corrected chi connectivity index (χ1v) is 7.24. The van der Waals surface area contributed by atoms with Gasteiger partial charge in [0.2, 0.25) is 0 Å². The monoisotopic (exact) mass is 288 g/mol. The molecule has 0 saturated carbocycles. The Morgan fingerprint density at radius 2 is 1.95 bits per heavy atom. The molecule has 1 N–H and O–H groups in total. The van der Waals surface area contributed by atoms with Gasteiger partial charge in [-0.15, -0.1) is 0 Å². The second-order valence-corrected chi connectivity index (χ2v) is 6.04. The summed E-state index contributed by atoms with van der Waals surface area (Å²) < 4.78 is 10.7. The van der Waals surface area contributed by atoms with Gasteiger partial charge < -0.3 is 14.5 Å². The first kappa shape index (κ1) is 15.6. The van der Waals surface area contributed by atoms with Crippen LogP contribution in [0.3, 0.4) is 0 Å². The van der Waals surface area contributed by atoms with Crippen molar-refractivity contribution in [1.82, 2.24) is 4.98 Å². The molecule has 0 aliphatic carbocycles. The lowest BCUT2D eigenvalue weighted by Gasteiger charge is -2.27. The lowest BCUT2D eigenvalue weighted by atomic mass is 9.99. The van der Waals surface area contributed by atoms with E-state index in [4.69, 9.17) is 9.15 Å². The number of hydrogen-bond acceptors (Lipinski definition) is 4. The highest BCUT2D eigenvalue weighted by Crippen LogP contribution is 2.22. The molecule has 0 fully saturated rings. The van der Waals surface area contributed by atoms with E-state index < -0.39 is 0 Å². The van der Waals surface area contributed by atoms with E-state index in [1.165, 1.54) is 0 Å². The number of benzene rings is 1. The zero-order valence-corrected chi connectivity index (χ0v) is 13.4. The zero-order chi connectivity index (χ0) is 15.5. The standard InChI is InChI=1S/C17H24N2O2/c1-12(10-17(3,4)20-5)18-15-8-6-14(7-9-15)16-11-21-13(2)19-16/h6-9,11-12,18H,10H2,1-5H3. The summed E-state index contributed by atoms with van der Waals surface area (Å²) >= 11 is 0. The minimum absolute atomic E-state index is 0.120. The largest absolute Gasteiger partial charge is 0.449 e. The van der Waals surface area contributed by atoms with Crippen molar-refractivity contribution in [2.45, 2.75) is 45.8 Å². The van der Waals surface area contributed by atoms with Gasteiger partial charge in [0.25, 0.3) is 0 Å². The fraction of sp³-hybridized carbons (Fsp3) is 0.471. The second-order valence-electron chi connectivity index (χ2n) is 6.04. The highest BCUT2D eigenvalue weighted by molar-refractivity contribution is 5.61. The molecule has 1 unspecified atom stereocenters. The highest BCUT2D eigenvalue weighted by Gasteiger charge is 2.20. The van der Waals surface area contributed by atoms with Crippen LogP contribution in [0.15, 0.2) is 34.9 Å². The second kappa shape index (κ2) is 6.31. The van der Waals surface area contributed by atoms with Crippen LogP contribution in [0.1, 0.15) is 33.1 Å².